The molecule has 124 valence electrons. The number of likely N-dealkylation sites (tertiary alicyclic amines) is 1. The number of aromatic nitrogens is 1. The van der Waals surface area contributed by atoms with Gasteiger partial charge in [0.1, 0.15) is 5.75 Å². The van der Waals surface area contributed by atoms with Crippen LogP contribution in [0.2, 0.25) is 0 Å². The van der Waals surface area contributed by atoms with Crippen molar-refractivity contribution in [2.45, 2.75) is 26.7 Å². The van der Waals surface area contributed by atoms with Crippen LogP contribution in [0.3, 0.4) is 0 Å². The molecule has 2 heterocycles. The lowest BCUT2D eigenvalue weighted by molar-refractivity contribution is 0.0900. The molecule has 1 aliphatic rings. The molecule has 0 atom stereocenters. The fourth-order valence-electron chi connectivity index (χ4n) is 3.53. The van der Waals surface area contributed by atoms with Crippen molar-refractivity contribution in [2.24, 2.45) is 13.0 Å². The summed E-state index contributed by atoms with van der Waals surface area (Å²) in [6, 6.07) is 5.95. The van der Waals surface area contributed by atoms with Crippen LogP contribution in [-0.4, -0.2) is 42.0 Å². The van der Waals surface area contributed by atoms with Crippen molar-refractivity contribution < 1.29 is 9.53 Å². The Morgan fingerprint density at radius 1 is 1.30 bits per heavy atom. The molecule has 0 spiro atoms. The summed E-state index contributed by atoms with van der Waals surface area (Å²) in [5.74, 6) is 1.80. The second-order valence-corrected chi connectivity index (χ2v) is 6.78. The smallest absolute Gasteiger partial charge is 0.179 e. The van der Waals surface area contributed by atoms with Crippen LogP contribution in [0.15, 0.2) is 18.2 Å². The number of carbonyl (C=O) groups excluding carboxylic acids is 1. The van der Waals surface area contributed by atoms with Gasteiger partial charge in [-0.15, -0.1) is 0 Å². The zero-order valence-electron chi connectivity index (χ0n) is 14.6. The van der Waals surface area contributed by atoms with E-state index >= 15 is 0 Å². The highest BCUT2D eigenvalue weighted by molar-refractivity contribution is 6.10. The van der Waals surface area contributed by atoms with Crippen molar-refractivity contribution in [3.63, 3.8) is 0 Å². The van der Waals surface area contributed by atoms with Crippen LogP contribution in [0.25, 0.3) is 10.9 Å². The zero-order chi connectivity index (χ0) is 16.6. The van der Waals surface area contributed by atoms with Crippen LogP contribution in [0.1, 0.15) is 35.8 Å². The number of aryl methyl sites for hydroxylation is 1. The lowest BCUT2D eigenvalue weighted by atomic mass is 9.98. The van der Waals surface area contributed by atoms with Crippen molar-refractivity contribution in [1.82, 2.24) is 9.47 Å². The highest BCUT2D eigenvalue weighted by Crippen LogP contribution is 2.29. The van der Waals surface area contributed by atoms with Gasteiger partial charge in [0.05, 0.1) is 13.7 Å². The number of carbonyl (C=O) groups is 1. The van der Waals surface area contributed by atoms with Crippen LogP contribution >= 0.6 is 0 Å². The van der Waals surface area contributed by atoms with Gasteiger partial charge in [-0.1, -0.05) is 6.92 Å². The Morgan fingerprint density at radius 3 is 2.65 bits per heavy atom. The maximum absolute atomic E-state index is 12.9. The van der Waals surface area contributed by atoms with E-state index < -0.39 is 0 Å². The molecule has 2 aromatic rings. The van der Waals surface area contributed by atoms with Crippen LogP contribution in [0, 0.1) is 12.8 Å². The number of ketones is 1. The van der Waals surface area contributed by atoms with Crippen LogP contribution < -0.4 is 4.74 Å². The van der Waals surface area contributed by atoms with E-state index in [1.807, 2.05) is 32.2 Å². The third kappa shape index (κ3) is 3.00. The van der Waals surface area contributed by atoms with Crippen LogP contribution in [-0.2, 0) is 7.05 Å². The summed E-state index contributed by atoms with van der Waals surface area (Å²) < 4.78 is 7.43. The molecule has 1 aromatic carbocycles. The number of piperidine rings is 1. The highest BCUT2D eigenvalue weighted by Gasteiger charge is 2.23. The lowest BCUT2D eigenvalue weighted by Gasteiger charge is -2.29. The first-order valence-corrected chi connectivity index (χ1v) is 8.40. The van der Waals surface area contributed by atoms with E-state index in [-0.39, 0.29) is 5.78 Å². The van der Waals surface area contributed by atoms with E-state index in [0.717, 1.165) is 46.9 Å². The predicted octanol–water partition coefficient (Wildman–Crippen LogP) is 3.41. The second-order valence-electron chi connectivity index (χ2n) is 6.78. The molecule has 1 aliphatic heterocycles. The van der Waals surface area contributed by atoms with E-state index in [1.165, 1.54) is 12.8 Å². The normalized spacial score (nSPS) is 16.9. The second kappa shape index (κ2) is 6.36. The van der Waals surface area contributed by atoms with Gasteiger partial charge in [-0.25, -0.2) is 0 Å². The minimum absolute atomic E-state index is 0.218. The topological polar surface area (TPSA) is 34.5 Å². The molecular formula is C19H26N2O2. The summed E-state index contributed by atoms with van der Waals surface area (Å²) in [6.07, 6.45) is 2.38. The van der Waals surface area contributed by atoms with Gasteiger partial charge in [-0.2, -0.15) is 0 Å². The summed E-state index contributed by atoms with van der Waals surface area (Å²) in [4.78, 5) is 15.2. The van der Waals surface area contributed by atoms with Gasteiger partial charge in [0.25, 0.3) is 0 Å². The fraction of sp³-hybridized carbons (Fsp3) is 0.526. The summed E-state index contributed by atoms with van der Waals surface area (Å²) in [7, 11) is 3.68. The highest BCUT2D eigenvalue weighted by atomic mass is 16.5. The van der Waals surface area contributed by atoms with E-state index in [0.29, 0.717) is 6.54 Å². The number of benzene rings is 1. The van der Waals surface area contributed by atoms with Gasteiger partial charge in [-0.05, 0) is 57.0 Å². The van der Waals surface area contributed by atoms with Gasteiger partial charge in [-0.3, -0.25) is 9.69 Å². The largest absolute Gasteiger partial charge is 0.497 e. The van der Waals surface area contributed by atoms with Gasteiger partial charge in [0.2, 0.25) is 0 Å². The molecule has 0 N–H and O–H groups in total. The maximum Gasteiger partial charge on any atom is 0.179 e. The van der Waals surface area contributed by atoms with E-state index in [9.17, 15) is 4.79 Å². The summed E-state index contributed by atoms with van der Waals surface area (Å²) in [5, 5.41) is 1.000. The molecule has 1 saturated heterocycles. The minimum atomic E-state index is 0.218. The first kappa shape index (κ1) is 16.1. The summed E-state index contributed by atoms with van der Waals surface area (Å²) in [6.45, 7) is 6.89. The quantitative estimate of drug-likeness (QED) is 0.811. The zero-order valence-corrected chi connectivity index (χ0v) is 14.6. The number of methoxy groups -OCH3 is 1. The average Bonchev–Trinajstić information content (AvgIpc) is 2.80. The molecule has 1 aromatic heterocycles. The van der Waals surface area contributed by atoms with E-state index in [2.05, 4.69) is 16.4 Å². The molecule has 0 unspecified atom stereocenters. The molecule has 0 bridgehead atoms. The Labute approximate surface area is 138 Å². The van der Waals surface area contributed by atoms with Crippen molar-refractivity contribution in [2.75, 3.05) is 26.7 Å². The average molecular weight is 314 g/mol. The molecule has 1 fully saturated rings. The van der Waals surface area contributed by atoms with Gasteiger partial charge in [0.15, 0.2) is 5.78 Å². The molecule has 3 rings (SSSR count). The van der Waals surface area contributed by atoms with Gasteiger partial charge in [0, 0.05) is 29.2 Å². The Morgan fingerprint density at radius 2 is 2.00 bits per heavy atom. The number of rotatable bonds is 4. The third-order valence-electron chi connectivity index (χ3n) is 5.22. The number of hydrogen-bond donors (Lipinski definition) is 0. The molecule has 0 aliphatic carbocycles. The predicted molar refractivity (Wildman–Crippen MR) is 93.4 cm³/mol. The number of ether oxygens (including phenoxy) is 1. The number of Topliss-reactive ketones (excluding diaryl/α,β-unsaturated/α-hetero) is 1. The monoisotopic (exact) mass is 314 g/mol. The Kier molecular flexibility index (Phi) is 4.44. The third-order valence-corrected chi connectivity index (χ3v) is 5.22. The molecule has 4 heteroatoms. The van der Waals surface area contributed by atoms with Crippen molar-refractivity contribution in [3.8, 4) is 5.75 Å². The Hall–Kier alpha value is -1.81. The fourth-order valence-corrected chi connectivity index (χ4v) is 3.53. The molecule has 0 saturated carbocycles. The minimum Gasteiger partial charge on any atom is -0.497 e. The van der Waals surface area contributed by atoms with Crippen molar-refractivity contribution in [1.29, 1.82) is 0 Å². The van der Waals surface area contributed by atoms with Crippen molar-refractivity contribution >= 4 is 16.7 Å². The molecule has 4 nitrogen and oxygen atoms in total. The first-order chi connectivity index (χ1) is 11.0. The van der Waals surface area contributed by atoms with E-state index in [1.54, 1.807) is 7.11 Å². The van der Waals surface area contributed by atoms with Gasteiger partial charge < -0.3 is 9.30 Å². The Balaban J connectivity index is 1.91. The standard InChI is InChI=1S/C19H26N2O2/c1-13-7-9-21(10-8-13)12-18(22)19-14(2)20(3)17-6-5-15(23-4)11-16(17)19/h5-6,11,13H,7-10,12H2,1-4H3. The first-order valence-electron chi connectivity index (χ1n) is 8.40. The number of nitrogens with zero attached hydrogens (tertiary/aromatic N) is 2. The van der Waals surface area contributed by atoms with Crippen molar-refractivity contribution in [3.05, 3.63) is 29.5 Å². The van der Waals surface area contributed by atoms with E-state index in [4.69, 9.17) is 4.74 Å². The number of fused-ring (bicyclic) bond motifs is 1. The SMILES string of the molecule is COc1ccc2c(c1)c(C(=O)CN1CCC(C)CC1)c(C)n2C. The molecule has 0 amide bonds. The van der Waals surface area contributed by atoms with Crippen LogP contribution in [0.5, 0.6) is 5.75 Å². The van der Waals surface area contributed by atoms with Gasteiger partial charge >= 0.3 is 0 Å². The molecule has 23 heavy (non-hydrogen) atoms. The molecular weight excluding hydrogens is 288 g/mol. The number of hydrogen-bond acceptors (Lipinski definition) is 3. The van der Waals surface area contributed by atoms with Crippen LogP contribution in [0.4, 0.5) is 0 Å². The Bertz CT molecular complexity index is 725. The lowest BCUT2D eigenvalue weighted by Crippen LogP contribution is -2.36. The summed E-state index contributed by atoms with van der Waals surface area (Å²) >= 11 is 0. The molecule has 0 radical (unpaired) electrons. The maximum atomic E-state index is 12.9. The summed E-state index contributed by atoms with van der Waals surface area (Å²) in [5.41, 5.74) is 2.96.